The molecule has 0 radical (unpaired) electrons. The van der Waals surface area contributed by atoms with Gasteiger partial charge >= 0.3 is 6.03 Å². The summed E-state index contributed by atoms with van der Waals surface area (Å²) in [4.78, 5) is 37.4. The largest absolute Gasteiger partial charge is 0.495 e. The zero-order valence-electron chi connectivity index (χ0n) is 22.9. The van der Waals surface area contributed by atoms with Crippen LogP contribution in [-0.2, 0) is 13.1 Å². The number of methoxy groups -OCH3 is 2. The van der Waals surface area contributed by atoms with Crippen LogP contribution in [0.3, 0.4) is 0 Å². The Morgan fingerprint density at radius 1 is 1.12 bits per heavy atom. The van der Waals surface area contributed by atoms with Gasteiger partial charge in [0.25, 0.3) is 5.69 Å². The number of aromatic nitrogens is 2. The molecule has 1 N–H and O–H groups in total. The molecule has 0 spiro atoms. The second kappa shape index (κ2) is 12.0. The molecule has 3 aromatic rings. The van der Waals surface area contributed by atoms with Gasteiger partial charge in [0.05, 0.1) is 37.9 Å². The van der Waals surface area contributed by atoms with E-state index < -0.39 is 11.0 Å². The van der Waals surface area contributed by atoms with Crippen LogP contribution < -0.4 is 24.6 Å². The van der Waals surface area contributed by atoms with Crippen molar-refractivity contribution in [2.45, 2.75) is 51.7 Å². The number of nitrogens with one attached hydrogen (secondary N) is 1. The van der Waals surface area contributed by atoms with Crippen molar-refractivity contribution >= 4 is 52.4 Å². The number of nitrogens with zero attached hydrogens (tertiary/aromatic N) is 5. The van der Waals surface area contributed by atoms with Crippen molar-refractivity contribution in [2.75, 3.05) is 29.3 Å². The third-order valence-electron chi connectivity index (χ3n) is 7.60. The highest BCUT2D eigenvalue weighted by molar-refractivity contribution is 6.42. The number of benzene rings is 2. The van der Waals surface area contributed by atoms with E-state index in [0.717, 1.165) is 19.3 Å². The first kappa shape index (κ1) is 28.7. The summed E-state index contributed by atoms with van der Waals surface area (Å²) in [5, 5.41) is 15.2. The molecule has 2 atom stereocenters. The number of rotatable bonds is 8. The number of carbonyl (C=O) groups excluding carboxylic acids is 1. The zero-order chi connectivity index (χ0) is 29.3. The van der Waals surface area contributed by atoms with Crippen LogP contribution in [0.1, 0.15) is 43.7 Å². The number of carbonyl (C=O) groups is 1. The molecule has 2 heterocycles. The number of nitro groups is 1. The predicted molar refractivity (Wildman–Crippen MR) is 157 cm³/mol. The van der Waals surface area contributed by atoms with E-state index in [1.807, 2.05) is 0 Å². The van der Waals surface area contributed by atoms with Crippen molar-refractivity contribution in [3.05, 3.63) is 67.8 Å². The molecule has 41 heavy (non-hydrogen) atoms. The lowest BCUT2D eigenvalue weighted by Crippen LogP contribution is -2.48. The van der Waals surface area contributed by atoms with Gasteiger partial charge in [-0.3, -0.25) is 19.9 Å². The van der Waals surface area contributed by atoms with Gasteiger partial charge in [0, 0.05) is 36.0 Å². The molecule has 2 amide bonds. The van der Waals surface area contributed by atoms with E-state index in [-0.39, 0.29) is 52.1 Å². The van der Waals surface area contributed by atoms with Crippen molar-refractivity contribution in [1.82, 2.24) is 9.97 Å². The van der Waals surface area contributed by atoms with Crippen molar-refractivity contribution in [2.24, 2.45) is 5.92 Å². The van der Waals surface area contributed by atoms with E-state index in [1.54, 1.807) is 24.4 Å². The maximum atomic E-state index is 14.2. The Kier molecular flexibility index (Phi) is 8.37. The third kappa shape index (κ3) is 5.69. The molecule has 2 aromatic carbocycles. The SMILES string of the molecule is COc1cc(OC)c(Cl)c(N2Cc3cnc(NC4CCCCC4C)nc3N(Cc3cccc([N+](=O)[O-])c3)C2=O)c1Cl. The summed E-state index contributed by atoms with van der Waals surface area (Å²) in [7, 11) is 2.91. The molecular formula is C28H30Cl2N6O5. The quantitative estimate of drug-likeness (QED) is 0.220. The lowest BCUT2D eigenvalue weighted by atomic mass is 9.86. The normalized spacial score (nSPS) is 18.6. The predicted octanol–water partition coefficient (Wildman–Crippen LogP) is 6.85. The summed E-state index contributed by atoms with van der Waals surface area (Å²) in [5.74, 6) is 1.86. The number of urea groups is 1. The molecular weight excluding hydrogens is 571 g/mol. The molecule has 1 saturated carbocycles. The standard InChI is InChI=1S/C28H30Cl2N6O5/c1-16-7-4-5-10-20(16)32-27-31-13-18-15-34(25-23(29)21(40-2)12-22(41-3)24(25)30)28(37)35(26(18)33-27)14-17-8-6-9-19(11-17)36(38)39/h6,8-9,11-13,16,20H,4-5,7,10,14-15H2,1-3H3,(H,31,32,33). The maximum absolute atomic E-state index is 14.2. The Morgan fingerprint density at radius 2 is 1.83 bits per heavy atom. The fourth-order valence-electron chi connectivity index (χ4n) is 5.36. The first-order chi connectivity index (χ1) is 19.7. The highest BCUT2D eigenvalue weighted by Gasteiger charge is 2.37. The summed E-state index contributed by atoms with van der Waals surface area (Å²) < 4.78 is 10.8. The van der Waals surface area contributed by atoms with Crippen LogP contribution in [0.5, 0.6) is 11.5 Å². The molecule has 1 fully saturated rings. The molecule has 216 valence electrons. The van der Waals surface area contributed by atoms with Crippen molar-refractivity contribution in [1.29, 1.82) is 0 Å². The molecule has 1 aromatic heterocycles. The Hall–Kier alpha value is -3.83. The lowest BCUT2D eigenvalue weighted by Gasteiger charge is -2.37. The maximum Gasteiger partial charge on any atom is 0.330 e. The minimum atomic E-state index is -0.473. The van der Waals surface area contributed by atoms with E-state index in [4.69, 9.17) is 37.7 Å². The Bertz CT molecular complexity index is 1460. The van der Waals surface area contributed by atoms with Gasteiger partial charge < -0.3 is 14.8 Å². The summed E-state index contributed by atoms with van der Waals surface area (Å²) in [6.07, 6.45) is 6.15. The van der Waals surface area contributed by atoms with E-state index >= 15 is 0 Å². The van der Waals surface area contributed by atoms with Crippen LogP contribution in [-0.4, -0.2) is 41.2 Å². The molecule has 0 bridgehead atoms. The lowest BCUT2D eigenvalue weighted by molar-refractivity contribution is -0.384. The van der Waals surface area contributed by atoms with Gasteiger partial charge in [0.2, 0.25) is 5.95 Å². The number of halogens is 2. The number of non-ortho nitro benzene ring substituents is 1. The summed E-state index contributed by atoms with van der Waals surface area (Å²) in [6, 6.07) is 7.44. The highest BCUT2D eigenvalue weighted by Crippen LogP contribution is 2.48. The number of ether oxygens (including phenoxy) is 2. The Morgan fingerprint density at radius 3 is 2.49 bits per heavy atom. The smallest absolute Gasteiger partial charge is 0.330 e. The monoisotopic (exact) mass is 600 g/mol. The topological polar surface area (TPSA) is 123 Å². The molecule has 11 nitrogen and oxygen atoms in total. The first-order valence-electron chi connectivity index (χ1n) is 13.3. The fourth-order valence-corrected chi connectivity index (χ4v) is 6.07. The van der Waals surface area contributed by atoms with Gasteiger partial charge in [-0.05, 0) is 24.3 Å². The van der Waals surface area contributed by atoms with Crippen LogP contribution in [0.25, 0.3) is 0 Å². The van der Waals surface area contributed by atoms with Crippen LogP contribution in [0.4, 0.5) is 27.9 Å². The van der Waals surface area contributed by atoms with Gasteiger partial charge in [-0.2, -0.15) is 4.98 Å². The minimum absolute atomic E-state index is 0.0106. The van der Waals surface area contributed by atoms with Crippen molar-refractivity contribution < 1.29 is 19.2 Å². The Balaban J connectivity index is 1.59. The Labute approximate surface area is 247 Å². The first-order valence-corrected chi connectivity index (χ1v) is 14.0. The number of hydrogen-bond acceptors (Lipinski definition) is 8. The van der Waals surface area contributed by atoms with Crippen LogP contribution in [0.2, 0.25) is 10.0 Å². The molecule has 1 aliphatic heterocycles. The van der Waals surface area contributed by atoms with Gasteiger partial charge in [0.15, 0.2) is 0 Å². The zero-order valence-corrected chi connectivity index (χ0v) is 24.4. The van der Waals surface area contributed by atoms with Crippen LogP contribution >= 0.6 is 23.2 Å². The number of fused-ring (bicyclic) bond motifs is 1. The fraction of sp³-hybridized carbons (Fsp3) is 0.393. The second-order valence-electron chi connectivity index (χ2n) is 10.2. The summed E-state index contributed by atoms with van der Waals surface area (Å²) in [5.41, 5.74) is 1.33. The van der Waals surface area contributed by atoms with Gasteiger partial charge in [0.1, 0.15) is 27.4 Å². The van der Waals surface area contributed by atoms with Gasteiger partial charge in [-0.25, -0.2) is 9.78 Å². The van der Waals surface area contributed by atoms with E-state index in [1.165, 1.54) is 42.6 Å². The van der Waals surface area contributed by atoms with Gasteiger partial charge in [-0.15, -0.1) is 0 Å². The average molecular weight is 601 g/mol. The summed E-state index contributed by atoms with van der Waals surface area (Å²) in [6.45, 7) is 2.30. The van der Waals surface area contributed by atoms with E-state index in [0.29, 0.717) is 28.8 Å². The highest BCUT2D eigenvalue weighted by atomic mass is 35.5. The van der Waals surface area contributed by atoms with Crippen molar-refractivity contribution in [3.63, 3.8) is 0 Å². The van der Waals surface area contributed by atoms with Crippen LogP contribution in [0.15, 0.2) is 36.5 Å². The molecule has 0 saturated heterocycles. The number of anilines is 3. The average Bonchev–Trinajstić information content (AvgIpc) is 2.97. The minimum Gasteiger partial charge on any atom is -0.495 e. The molecule has 5 rings (SSSR count). The molecule has 2 unspecified atom stereocenters. The molecule has 1 aliphatic carbocycles. The van der Waals surface area contributed by atoms with Crippen LogP contribution in [0, 0.1) is 16.0 Å². The third-order valence-corrected chi connectivity index (χ3v) is 8.33. The number of nitro benzene ring substituents is 1. The van der Waals surface area contributed by atoms with Gasteiger partial charge in [-0.1, -0.05) is 55.1 Å². The second-order valence-corrected chi connectivity index (χ2v) is 11.0. The number of hydrogen-bond donors (Lipinski definition) is 1. The van der Waals surface area contributed by atoms with E-state index in [2.05, 4.69) is 17.2 Å². The number of amides is 2. The molecule has 13 heteroatoms. The van der Waals surface area contributed by atoms with E-state index in [9.17, 15) is 14.9 Å². The molecule has 2 aliphatic rings. The summed E-state index contributed by atoms with van der Waals surface area (Å²) >= 11 is 13.4. The van der Waals surface area contributed by atoms with Crippen molar-refractivity contribution in [3.8, 4) is 11.5 Å².